The monoisotopic (exact) mass is 249 g/mol. The van der Waals surface area contributed by atoms with Gasteiger partial charge in [0.05, 0.1) is 12.3 Å². The molecule has 0 aliphatic heterocycles. The second kappa shape index (κ2) is 4.16. The predicted molar refractivity (Wildman–Crippen MR) is 54.7 cm³/mol. The second-order valence-corrected chi connectivity index (χ2v) is 4.38. The topological polar surface area (TPSA) is 22.1 Å². The minimum Gasteiger partial charge on any atom is -0.488 e. The Kier molecular flexibility index (Phi) is 3.01. The first-order valence-corrected chi connectivity index (χ1v) is 6.00. The highest BCUT2D eigenvalue weighted by Gasteiger charge is 2.39. The quantitative estimate of drug-likeness (QED) is 0.767. The van der Waals surface area contributed by atoms with Crippen LogP contribution in [0.2, 0.25) is 0 Å². The van der Waals surface area contributed by atoms with E-state index in [1.54, 1.807) is 6.26 Å². The van der Waals surface area contributed by atoms with Crippen LogP contribution in [0.25, 0.3) is 0 Å². The molecule has 1 aromatic rings. The van der Waals surface area contributed by atoms with Crippen molar-refractivity contribution >= 4 is 11.8 Å². The lowest BCUT2D eigenvalue weighted by Gasteiger charge is -2.15. The third kappa shape index (κ3) is 2.42. The zero-order valence-electron chi connectivity index (χ0n) is 8.54. The van der Waals surface area contributed by atoms with E-state index >= 15 is 0 Å². The Morgan fingerprint density at radius 2 is 2.06 bits per heavy atom. The van der Waals surface area contributed by atoms with Gasteiger partial charge in [0.25, 0.3) is 0 Å². The molecule has 1 heterocycles. The maximum Gasteiger partial charge on any atom is 0.421 e. The van der Waals surface area contributed by atoms with Crippen LogP contribution in [0.15, 0.2) is 17.3 Å². The van der Waals surface area contributed by atoms with Crippen LogP contribution in [0.5, 0.6) is 5.75 Å². The van der Waals surface area contributed by atoms with Crippen molar-refractivity contribution in [3.63, 3.8) is 0 Å². The van der Waals surface area contributed by atoms with Gasteiger partial charge in [0.2, 0.25) is 0 Å². The second-order valence-electron chi connectivity index (χ2n) is 3.53. The molecule has 1 fully saturated rings. The number of hydrogen-bond acceptors (Lipinski definition) is 3. The molecule has 0 atom stereocenters. The van der Waals surface area contributed by atoms with Gasteiger partial charge in [0.15, 0.2) is 5.75 Å². The fraction of sp³-hybridized carbons (Fsp3) is 0.500. The van der Waals surface area contributed by atoms with Gasteiger partial charge < -0.3 is 4.74 Å². The van der Waals surface area contributed by atoms with Gasteiger partial charge in [-0.2, -0.15) is 13.2 Å². The molecule has 0 amide bonds. The predicted octanol–water partition coefficient (Wildman–Crippen LogP) is 3.36. The first-order valence-electron chi connectivity index (χ1n) is 4.78. The Morgan fingerprint density at radius 1 is 1.38 bits per heavy atom. The van der Waals surface area contributed by atoms with Crippen molar-refractivity contribution in [2.24, 2.45) is 0 Å². The van der Waals surface area contributed by atoms with Crippen LogP contribution in [0.4, 0.5) is 13.2 Å². The highest BCUT2D eigenvalue weighted by atomic mass is 32.2. The fourth-order valence-corrected chi connectivity index (χ4v) is 1.90. The third-order valence-electron chi connectivity index (χ3n) is 2.20. The zero-order valence-corrected chi connectivity index (χ0v) is 9.36. The summed E-state index contributed by atoms with van der Waals surface area (Å²) in [7, 11) is 0. The maximum atomic E-state index is 12.8. The summed E-state index contributed by atoms with van der Waals surface area (Å²) in [6.07, 6.45) is 1.12. The van der Waals surface area contributed by atoms with Gasteiger partial charge in [-0.3, -0.25) is 4.98 Å². The molecule has 0 saturated heterocycles. The molecule has 0 aromatic carbocycles. The molecule has 1 aliphatic carbocycles. The number of pyridine rings is 1. The summed E-state index contributed by atoms with van der Waals surface area (Å²) in [4.78, 5) is 3.87. The van der Waals surface area contributed by atoms with Crippen LogP contribution >= 0.6 is 11.8 Å². The molecule has 2 rings (SSSR count). The zero-order chi connectivity index (χ0) is 11.8. The summed E-state index contributed by atoms with van der Waals surface area (Å²) in [5, 5.41) is 0. The lowest BCUT2D eigenvalue weighted by Crippen LogP contribution is -2.11. The van der Waals surface area contributed by atoms with Crippen LogP contribution in [-0.4, -0.2) is 17.3 Å². The first kappa shape index (κ1) is 11.6. The van der Waals surface area contributed by atoms with E-state index in [0.29, 0.717) is 0 Å². The Labute approximate surface area is 95.2 Å². The number of alkyl halides is 3. The molecule has 0 spiro atoms. The maximum absolute atomic E-state index is 12.8. The Balaban J connectivity index is 2.41. The summed E-state index contributed by atoms with van der Waals surface area (Å²) in [6.45, 7) is 0. The van der Waals surface area contributed by atoms with Crippen LogP contribution in [-0.2, 0) is 6.18 Å². The Bertz CT molecular complexity index is 390. The molecule has 1 aliphatic rings. The molecule has 0 bridgehead atoms. The van der Waals surface area contributed by atoms with Crippen LogP contribution < -0.4 is 4.74 Å². The number of halogens is 3. The highest BCUT2D eigenvalue weighted by Crippen LogP contribution is 2.42. The first-order chi connectivity index (χ1) is 7.52. The molecule has 2 nitrogen and oxygen atoms in total. The smallest absolute Gasteiger partial charge is 0.421 e. The van der Waals surface area contributed by atoms with E-state index in [0.717, 1.165) is 30.8 Å². The SMILES string of the molecule is CSc1cncc(OC2CC2)c1C(F)(F)F. The summed E-state index contributed by atoms with van der Waals surface area (Å²) in [6, 6.07) is 0. The van der Waals surface area contributed by atoms with Crippen molar-refractivity contribution in [1.29, 1.82) is 0 Å². The molecule has 1 saturated carbocycles. The molecule has 0 N–H and O–H groups in total. The van der Waals surface area contributed by atoms with Crippen molar-refractivity contribution in [2.75, 3.05) is 6.26 Å². The van der Waals surface area contributed by atoms with Crippen LogP contribution in [0.3, 0.4) is 0 Å². The van der Waals surface area contributed by atoms with Gasteiger partial charge in [0.1, 0.15) is 5.56 Å². The average molecular weight is 249 g/mol. The van der Waals surface area contributed by atoms with Gasteiger partial charge in [-0.25, -0.2) is 0 Å². The van der Waals surface area contributed by atoms with Crippen molar-refractivity contribution in [2.45, 2.75) is 30.0 Å². The van der Waals surface area contributed by atoms with Gasteiger partial charge in [0, 0.05) is 11.1 Å². The van der Waals surface area contributed by atoms with E-state index in [4.69, 9.17) is 4.74 Å². The van der Waals surface area contributed by atoms with E-state index in [2.05, 4.69) is 4.98 Å². The average Bonchev–Trinajstić information content (AvgIpc) is 2.99. The molecule has 1 aromatic heterocycles. The third-order valence-corrected chi connectivity index (χ3v) is 2.95. The van der Waals surface area contributed by atoms with Gasteiger partial charge >= 0.3 is 6.18 Å². The molecule has 0 radical (unpaired) electrons. The highest BCUT2D eigenvalue weighted by molar-refractivity contribution is 7.98. The van der Waals surface area contributed by atoms with Crippen LogP contribution in [0.1, 0.15) is 18.4 Å². The molecule has 16 heavy (non-hydrogen) atoms. The van der Waals surface area contributed by atoms with E-state index in [-0.39, 0.29) is 16.7 Å². The molecule has 0 unspecified atom stereocenters. The molecule has 6 heteroatoms. The van der Waals surface area contributed by atoms with Crippen molar-refractivity contribution in [3.05, 3.63) is 18.0 Å². The summed E-state index contributed by atoms with van der Waals surface area (Å²) in [5.41, 5.74) is -0.707. The summed E-state index contributed by atoms with van der Waals surface area (Å²) >= 11 is 1.02. The number of thioether (sulfide) groups is 1. The molecule has 88 valence electrons. The normalized spacial score (nSPS) is 16.2. The van der Waals surface area contributed by atoms with Crippen molar-refractivity contribution in [1.82, 2.24) is 4.98 Å². The number of rotatable bonds is 3. The lowest BCUT2D eigenvalue weighted by atomic mass is 10.2. The minimum atomic E-state index is -4.40. The number of aromatic nitrogens is 1. The van der Waals surface area contributed by atoms with E-state index in [9.17, 15) is 13.2 Å². The van der Waals surface area contributed by atoms with Crippen molar-refractivity contribution < 1.29 is 17.9 Å². The molecular formula is C10H10F3NOS. The standard InChI is InChI=1S/C10H10F3NOS/c1-16-8-5-14-4-7(15-6-2-3-6)9(8)10(11,12)13/h4-6H,2-3H2,1H3. The largest absolute Gasteiger partial charge is 0.488 e. The number of ether oxygens (including phenoxy) is 1. The van der Waals surface area contributed by atoms with Crippen LogP contribution in [0, 0.1) is 0 Å². The fourth-order valence-electron chi connectivity index (χ4n) is 1.31. The summed E-state index contributed by atoms with van der Waals surface area (Å²) in [5.74, 6) is -0.151. The summed E-state index contributed by atoms with van der Waals surface area (Å²) < 4.78 is 43.8. The number of nitrogens with zero attached hydrogens (tertiary/aromatic N) is 1. The Morgan fingerprint density at radius 3 is 2.56 bits per heavy atom. The van der Waals surface area contributed by atoms with E-state index in [1.165, 1.54) is 6.20 Å². The van der Waals surface area contributed by atoms with Gasteiger partial charge in [-0.15, -0.1) is 11.8 Å². The lowest BCUT2D eigenvalue weighted by molar-refractivity contribution is -0.141. The van der Waals surface area contributed by atoms with Crippen molar-refractivity contribution in [3.8, 4) is 5.75 Å². The van der Waals surface area contributed by atoms with E-state index < -0.39 is 11.7 Å². The number of hydrogen-bond donors (Lipinski definition) is 0. The minimum absolute atomic E-state index is 0.0694. The van der Waals surface area contributed by atoms with Gasteiger partial charge in [-0.1, -0.05) is 0 Å². The van der Waals surface area contributed by atoms with E-state index in [1.807, 2.05) is 0 Å². The Hall–Kier alpha value is -0.910. The van der Waals surface area contributed by atoms with Gasteiger partial charge in [-0.05, 0) is 19.1 Å². The molecular weight excluding hydrogens is 239 g/mol.